The van der Waals surface area contributed by atoms with Gasteiger partial charge in [0, 0.05) is 39.1 Å². The van der Waals surface area contributed by atoms with Crippen LogP contribution in [0.3, 0.4) is 0 Å². The fourth-order valence-electron chi connectivity index (χ4n) is 4.65. The number of ether oxygens (including phenoxy) is 1. The Hall–Kier alpha value is -2.19. The minimum Gasteiger partial charge on any atom is -0.427 e. The number of nitrogens with one attached hydrogen (secondary N) is 1. The minimum absolute atomic E-state index is 0.0179. The first-order valence-electron chi connectivity index (χ1n) is 10.4. The minimum atomic E-state index is -0.546. The van der Waals surface area contributed by atoms with Crippen molar-refractivity contribution in [3.05, 3.63) is 33.4 Å². The van der Waals surface area contributed by atoms with Crippen molar-refractivity contribution in [3.63, 3.8) is 0 Å². The van der Waals surface area contributed by atoms with Gasteiger partial charge in [-0.1, -0.05) is 0 Å². The normalized spacial score (nSPS) is 24.8. The van der Waals surface area contributed by atoms with E-state index in [0.717, 1.165) is 25.9 Å². The highest BCUT2D eigenvalue weighted by atomic mass is 16.5. The van der Waals surface area contributed by atoms with Crippen molar-refractivity contribution in [1.82, 2.24) is 15.1 Å². The van der Waals surface area contributed by atoms with Crippen LogP contribution in [0.25, 0.3) is 0 Å². The number of hydrogen-bond donors (Lipinski definition) is 1. The summed E-state index contributed by atoms with van der Waals surface area (Å²) in [5.74, 6) is 0.546. The Morgan fingerprint density at radius 3 is 2.66 bits per heavy atom. The third kappa shape index (κ3) is 3.96. The van der Waals surface area contributed by atoms with E-state index in [2.05, 4.69) is 5.32 Å². The van der Waals surface area contributed by atoms with E-state index in [9.17, 15) is 14.4 Å². The Labute approximate surface area is 170 Å². The molecule has 1 N–H and O–H groups in total. The molecule has 3 aliphatic rings. The van der Waals surface area contributed by atoms with Gasteiger partial charge in [-0.05, 0) is 50.8 Å². The fraction of sp³-hybridized carbons (Fsp3) is 0.667. The fourth-order valence-corrected chi connectivity index (χ4v) is 4.65. The molecule has 8 heteroatoms. The predicted octanol–water partition coefficient (Wildman–Crippen LogP) is 0.879. The second kappa shape index (κ2) is 7.91. The van der Waals surface area contributed by atoms with E-state index in [1.54, 1.807) is 23.8 Å². The molecule has 0 aliphatic carbocycles. The molecule has 29 heavy (non-hydrogen) atoms. The zero-order valence-electron chi connectivity index (χ0n) is 17.2. The van der Waals surface area contributed by atoms with Gasteiger partial charge in [-0.3, -0.25) is 9.59 Å². The van der Waals surface area contributed by atoms with Crippen LogP contribution in [0.15, 0.2) is 15.3 Å². The Bertz CT molecular complexity index is 850. The largest absolute Gasteiger partial charge is 0.427 e. The van der Waals surface area contributed by atoms with Crippen molar-refractivity contribution < 1.29 is 18.7 Å². The molecule has 0 radical (unpaired) electrons. The molecule has 0 aromatic carbocycles. The lowest BCUT2D eigenvalue weighted by Gasteiger charge is -2.46. The lowest BCUT2D eigenvalue weighted by molar-refractivity contribution is -0.167. The Morgan fingerprint density at radius 1 is 1.28 bits per heavy atom. The number of nitrogens with zero attached hydrogens (tertiary/aromatic N) is 2. The summed E-state index contributed by atoms with van der Waals surface area (Å²) in [7, 11) is 1.78. The average molecular weight is 403 g/mol. The van der Waals surface area contributed by atoms with Crippen LogP contribution in [0.5, 0.6) is 0 Å². The van der Waals surface area contributed by atoms with Gasteiger partial charge in [0.05, 0.1) is 5.60 Å². The van der Waals surface area contributed by atoms with Gasteiger partial charge in [-0.25, -0.2) is 4.79 Å². The van der Waals surface area contributed by atoms with Crippen LogP contribution in [-0.4, -0.2) is 73.6 Å². The molecule has 1 unspecified atom stereocenters. The van der Waals surface area contributed by atoms with Crippen molar-refractivity contribution in [3.8, 4) is 0 Å². The Kier molecular flexibility index (Phi) is 5.48. The highest BCUT2D eigenvalue weighted by Gasteiger charge is 2.42. The van der Waals surface area contributed by atoms with Gasteiger partial charge in [0.1, 0.15) is 17.9 Å². The smallest absolute Gasteiger partial charge is 0.349 e. The molecule has 8 nitrogen and oxygen atoms in total. The molecule has 0 saturated carbocycles. The van der Waals surface area contributed by atoms with E-state index < -0.39 is 11.2 Å². The number of rotatable bonds is 2. The number of amides is 2. The van der Waals surface area contributed by atoms with Crippen LogP contribution < -0.4 is 10.9 Å². The number of piperidine rings is 2. The van der Waals surface area contributed by atoms with Gasteiger partial charge >= 0.3 is 5.63 Å². The van der Waals surface area contributed by atoms with Crippen LogP contribution in [0.1, 0.15) is 53.3 Å². The summed E-state index contributed by atoms with van der Waals surface area (Å²) in [6, 6.07) is 1.85. The number of hydrogen-bond acceptors (Lipinski definition) is 6. The predicted molar refractivity (Wildman–Crippen MR) is 106 cm³/mol. The van der Waals surface area contributed by atoms with E-state index in [4.69, 9.17) is 9.15 Å². The highest BCUT2D eigenvalue weighted by Crippen LogP contribution is 2.31. The van der Waals surface area contributed by atoms with E-state index in [-0.39, 0.29) is 29.9 Å². The first-order chi connectivity index (χ1) is 13.9. The third-order valence-corrected chi connectivity index (χ3v) is 6.50. The summed E-state index contributed by atoms with van der Waals surface area (Å²) in [6.07, 6.45) is 3.32. The third-order valence-electron chi connectivity index (χ3n) is 6.50. The number of carbonyl (C=O) groups is 2. The van der Waals surface area contributed by atoms with Crippen molar-refractivity contribution in [2.24, 2.45) is 0 Å². The lowest BCUT2D eigenvalue weighted by Crippen LogP contribution is -2.58. The van der Waals surface area contributed by atoms with Crippen LogP contribution >= 0.6 is 0 Å². The molecule has 3 fully saturated rings. The standard InChI is InChI=1S/C21H29N3O5/c1-14-10-16(15-4-3-7-22-11-15)29-20(27)18(14)19(26)24-8-5-21(6-9-24)13-23(2)17(25)12-28-21/h10,15,22H,3-9,11-13H2,1-2H3. The second-order valence-corrected chi connectivity index (χ2v) is 8.55. The number of morpholine rings is 1. The molecule has 1 aromatic heterocycles. The van der Waals surface area contributed by atoms with Gasteiger partial charge in [0.2, 0.25) is 5.91 Å². The Morgan fingerprint density at radius 2 is 2.03 bits per heavy atom. The quantitative estimate of drug-likeness (QED) is 0.788. The van der Waals surface area contributed by atoms with Gasteiger partial charge in [0.25, 0.3) is 5.91 Å². The molecule has 0 bridgehead atoms. The summed E-state index contributed by atoms with van der Waals surface area (Å²) in [6.45, 7) is 5.20. The molecule has 4 heterocycles. The van der Waals surface area contributed by atoms with Crippen LogP contribution in [0.2, 0.25) is 0 Å². The number of carbonyl (C=O) groups excluding carboxylic acids is 2. The van der Waals surface area contributed by atoms with E-state index in [1.165, 1.54) is 0 Å². The van der Waals surface area contributed by atoms with Crippen molar-refractivity contribution in [2.75, 3.05) is 46.4 Å². The molecule has 158 valence electrons. The molecule has 2 amide bonds. The number of aryl methyl sites for hydroxylation is 1. The maximum Gasteiger partial charge on any atom is 0.349 e. The van der Waals surface area contributed by atoms with Crippen LogP contribution in [-0.2, 0) is 9.53 Å². The first kappa shape index (κ1) is 20.1. The second-order valence-electron chi connectivity index (χ2n) is 8.55. The summed E-state index contributed by atoms with van der Waals surface area (Å²) in [5.41, 5.74) is -0.136. The molecule has 1 atom stereocenters. The van der Waals surface area contributed by atoms with Gasteiger partial charge in [-0.15, -0.1) is 0 Å². The topological polar surface area (TPSA) is 92.1 Å². The first-order valence-corrected chi connectivity index (χ1v) is 10.4. The maximum atomic E-state index is 13.1. The van der Waals surface area contributed by atoms with E-state index >= 15 is 0 Å². The average Bonchev–Trinajstić information content (AvgIpc) is 2.72. The molecular weight excluding hydrogens is 374 g/mol. The van der Waals surface area contributed by atoms with E-state index in [1.807, 2.05) is 6.07 Å². The summed E-state index contributed by atoms with van der Waals surface area (Å²) >= 11 is 0. The zero-order chi connectivity index (χ0) is 20.6. The Balaban J connectivity index is 1.46. The van der Waals surface area contributed by atoms with Crippen LogP contribution in [0, 0.1) is 6.92 Å². The molecule has 4 rings (SSSR count). The molecular formula is C21H29N3O5. The van der Waals surface area contributed by atoms with Crippen molar-refractivity contribution >= 4 is 11.8 Å². The maximum absolute atomic E-state index is 13.1. The SMILES string of the molecule is Cc1cc(C2CCCNC2)oc(=O)c1C(=O)N1CCC2(CC1)CN(C)C(=O)CO2. The zero-order valence-corrected chi connectivity index (χ0v) is 17.2. The summed E-state index contributed by atoms with van der Waals surface area (Å²) in [4.78, 5) is 40.8. The highest BCUT2D eigenvalue weighted by molar-refractivity contribution is 5.95. The van der Waals surface area contributed by atoms with Gasteiger partial charge < -0.3 is 24.3 Å². The monoisotopic (exact) mass is 403 g/mol. The van der Waals surface area contributed by atoms with E-state index in [0.29, 0.717) is 43.8 Å². The summed E-state index contributed by atoms with van der Waals surface area (Å²) in [5, 5.41) is 3.32. The lowest BCUT2D eigenvalue weighted by atomic mass is 9.89. The molecule has 1 spiro atoms. The van der Waals surface area contributed by atoms with Crippen molar-refractivity contribution in [2.45, 2.75) is 44.1 Å². The van der Waals surface area contributed by atoms with Crippen LogP contribution in [0.4, 0.5) is 0 Å². The van der Waals surface area contributed by atoms with Gasteiger partial charge in [-0.2, -0.15) is 0 Å². The molecule has 3 aliphatic heterocycles. The molecule has 3 saturated heterocycles. The van der Waals surface area contributed by atoms with Gasteiger partial charge in [0.15, 0.2) is 0 Å². The number of likely N-dealkylation sites (N-methyl/N-ethyl adjacent to an activating group) is 1. The summed E-state index contributed by atoms with van der Waals surface area (Å²) < 4.78 is 11.4. The molecule has 1 aromatic rings. The number of likely N-dealkylation sites (tertiary alicyclic amines) is 1. The van der Waals surface area contributed by atoms with Crippen molar-refractivity contribution in [1.29, 1.82) is 0 Å².